The quantitative estimate of drug-likeness (QED) is 0.419. The number of carbonyl (C=O) groups is 2. The molecule has 0 unspecified atom stereocenters. The van der Waals surface area contributed by atoms with Crippen LogP contribution >= 0.6 is 11.6 Å². The van der Waals surface area contributed by atoms with Crippen LogP contribution in [0, 0.1) is 17.8 Å². The van der Waals surface area contributed by atoms with E-state index in [1.165, 1.54) is 11.1 Å². The van der Waals surface area contributed by atoms with Crippen molar-refractivity contribution in [1.82, 2.24) is 14.5 Å². The Morgan fingerprint density at radius 1 is 1.05 bits per heavy atom. The number of allylic oxidation sites excluding steroid dienone is 1. The van der Waals surface area contributed by atoms with Gasteiger partial charge in [-0.2, -0.15) is 0 Å². The average Bonchev–Trinajstić information content (AvgIpc) is 3.30. The monoisotopic (exact) mass is 794 g/mol. The zero-order chi connectivity index (χ0) is 38.7. The van der Waals surface area contributed by atoms with Gasteiger partial charge in [0.1, 0.15) is 17.5 Å². The summed E-state index contributed by atoms with van der Waals surface area (Å²) in [5.74, 6) is 0.281. The van der Waals surface area contributed by atoms with Crippen LogP contribution < -0.4 is 14.4 Å². The maximum absolute atomic E-state index is 13.7. The number of fused-ring (bicyclic) bond motifs is 5. The van der Waals surface area contributed by atoms with E-state index in [1.54, 1.807) is 20.1 Å². The van der Waals surface area contributed by atoms with Crippen LogP contribution in [0.1, 0.15) is 74.4 Å². The number of anilines is 1. The van der Waals surface area contributed by atoms with Crippen molar-refractivity contribution in [1.29, 1.82) is 0 Å². The number of hydrogen-bond donors (Lipinski definition) is 1. The number of sulfonamides is 1. The van der Waals surface area contributed by atoms with Crippen LogP contribution in [0.4, 0.5) is 5.69 Å². The SMILES string of the molecule is CO[C@]1(CN2CCN3C(=O)[C@H](C)OC[C@@H]3C2)/C=C\C[C@H](C)[C@@H](C)S(=O)(=O)NC(=O)c2ccc3c(c2)N(C[C@@H]2CC[C@H]21)C[C@@]1(CCCc2cc(Cl)ccc21)CO3. The molecule has 11 nitrogen and oxygen atoms in total. The second kappa shape index (κ2) is 15.0. The number of aryl methyl sites for hydroxylation is 1. The van der Waals surface area contributed by atoms with Crippen LogP contribution in [0.3, 0.4) is 0 Å². The summed E-state index contributed by atoms with van der Waals surface area (Å²) < 4.78 is 48.9. The van der Waals surface area contributed by atoms with Crippen molar-refractivity contribution in [3.8, 4) is 5.75 Å². The molecular weight excluding hydrogens is 740 g/mol. The summed E-state index contributed by atoms with van der Waals surface area (Å²) in [5.41, 5.74) is 2.64. The predicted molar refractivity (Wildman–Crippen MR) is 212 cm³/mol. The molecule has 2 bridgehead atoms. The highest BCUT2D eigenvalue weighted by Gasteiger charge is 2.51. The zero-order valence-corrected chi connectivity index (χ0v) is 34.0. The summed E-state index contributed by atoms with van der Waals surface area (Å²) in [4.78, 5) is 33.4. The summed E-state index contributed by atoms with van der Waals surface area (Å²) in [5, 5.41) is -0.0880. The molecule has 4 heterocycles. The molecule has 2 amide bonds. The molecule has 8 atom stereocenters. The fourth-order valence-electron chi connectivity index (χ4n) is 10.2. The number of ether oxygens (including phenoxy) is 3. The van der Waals surface area contributed by atoms with Crippen molar-refractivity contribution in [3.05, 3.63) is 70.3 Å². The third-order valence-corrected chi connectivity index (χ3v) is 16.0. The third-order valence-electron chi connectivity index (χ3n) is 13.8. The molecule has 1 spiro atoms. The van der Waals surface area contributed by atoms with Crippen molar-refractivity contribution < 1.29 is 32.2 Å². The summed E-state index contributed by atoms with van der Waals surface area (Å²) >= 11 is 6.50. The number of nitrogens with one attached hydrogen (secondary N) is 1. The molecule has 4 aliphatic heterocycles. The van der Waals surface area contributed by atoms with Crippen LogP contribution in [0.25, 0.3) is 0 Å². The lowest BCUT2D eigenvalue weighted by Crippen LogP contribution is -2.65. The van der Waals surface area contributed by atoms with Crippen LogP contribution in [0.2, 0.25) is 5.02 Å². The third kappa shape index (κ3) is 7.19. The van der Waals surface area contributed by atoms with Gasteiger partial charge in [0.05, 0.1) is 30.2 Å². The van der Waals surface area contributed by atoms with Crippen LogP contribution in [-0.2, 0) is 36.1 Å². The number of methoxy groups -OCH3 is 1. The Balaban J connectivity index is 1.18. The molecule has 2 aromatic carbocycles. The normalized spacial score (nSPS) is 35.7. The first-order valence-corrected chi connectivity index (χ1v) is 22.0. The smallest absolute Gasteiger partial charge is 0.264 e. The van der Waals surface area contributed by atoms with Crippen LogP contribution in [0.5, 0.6) is 5.75 Å². The maximum atomic E-state index is 13.7. The van der Waals surface area contributed by atoms with Gasteiger partial charge in [0.25, 0.3) is 11.8 Å². The Kier molecular flexibility index (Phi) is 10.5. The number of carbonyl (C=O) groups excluding carboxylic acids is 2. The van der Waals surface area contributed by atoms with Gasteiger partial charge in [0.2, 0.25) is 10.0 Å². The second-order valence-corrected chi connectivity index (χ2v) is 19.6. The van der Waals surface area contributed by atoms with Gasteiger partial charge < -0.3 is 24.0 Å². The molecule has 13 heteroatoms. The first kappa shape index (κ1) is 38.7. The van der Waals surface area contributed by atoms with Gasteiger partial charge in [0, 0.05) is 62.4 Å². The average molecular weight is 795 g/mol. The van der Waals surface area contributed by atoms with E-state index in [-0.39, 0.29) is 40.7 Å². The fourth-order valence-corrected chi connectivity index (χ4v) is 11.7. The first-order chi connectivity index (χ1) is 26.3. The summed E-state index contributed by atoms with van der Waals surface area (Å²) in [6, 6.07) is 11.5. The number of halogens is 1. The molecule has 0 aromatic heterocycles. The summed E-state index contributed by atoms with van der Waals surface area (Å²) in [7, 11) is -2.19. The fraction of sp³-hybridized carbons (Fsp3) is 0.619. The molecule has 2 saturated heterocycles. The zero-order valence-electron chi connectivity index (χ0n) is 32.5. The largest absolute Gasteiger partial charge is 0.490 e. The molecule has 2 aliphatic carbocycles. The highest BCUT2D eigenvalue weighted by molar-refractivity contribution is 7.90. The van der Waals surface area contributed by atoms with Gasteiger partial charge in [0.15, 0.2) is 0 Å². The number of rotatable bonds is 3. The van der Waals surface area contributed by atoms with E-state index in [0.717, 1.165) is 55.9 Å². The number of amides is 2. The minimum absolute atomic E-state index is 0.00718. The molecule has 1 saturated carbocycles. The number of nitrogens with zero attached hydrogens (tertiary/aromatic N) is 3. The topological polar surface area (TPSA) is 118 Å². The second-order valence-electron chi connectivity index (χ2n) is 17.1. The Bertz CT molecular complexity index is 1960. The molecule has 55 heavy (non-hydrogen) atoms. The summed E-state index contributed by atoms with van der Waals surface area (Å²) in [6.07, 6.45) is 9.31. The lowest BCUT2D eigenvalue weighted by molar-refractivity contribution is -0.164. The van der Waals surface area contributed by atoms with Crippen molar-refractivity contribution in [2.45, 2.75) is 87.7 Å². The van der Waals surface area contributed by atoms with E-state index in [2.05, 4.69) is 38.8 Å². The number of hydrogen-bond acceptors (Lipinski definition) is 9. The highest BCUT2D eigenvalue weighted by atomic mass is 35.5. The first-order valence-electron chi connectivity index (χ1n) is 20.1. The standard InChI is InChI=1S/C42H55ClN4O7S/c1-27-7-5-16-42(52-4,25-45-17-18-47-34(22-45)23-53-28(2)40(47)49)36-12-9-32(36)21-46-24-41(15-6-8-30-19-33(43)11-13-35(30)41)26-54-38-14-10-31(20-37(38)46)39(48)44-55(50,51)29(27)3/h5,10-11,13-14,16,19-20,27-29,32,34,36H,6-9,12,15,17-18,21-26H2,1-4H3,(H,44,48)/b16-5-/t27-,28-,29+,32-,34-,36+,41-,42-/m0/s1. The van der Waals surface area contributed by atoms with E-state index < -0.39 is 32.9 Å². The van der Waals surface area contributed by atoms with Gasteiger partial charge >= 0.3 is 0 Å². The van der Waals surface area contributed by atoms with Crippen LogP contribution in [0.15, 0.2) is 48.6 Å². The van der Waals surface area contributed by atoms with E-state index in [1.807, 2.05) is 36.9 Å². The summed E-state index contributed by atoms with van der Waals surface area (Å²) in [6.45, 7) is 10.5. The van der Waals surface area contributed by atoms with Gasteiger partial charge in [-0.25, -0.2) is 13.1 Å². The Morgan fingerprint density at radius 3 is 2.67 bits per heavy atom. The molecule has 3 fully saturated rings. The molecule has 8 rings (SSSR count). The Hall–Kier alpha value is -3.16. The van der Waals surface area contributed by atoms with E-state index in [0.29, 0.717) is 51.6 Å². The van der Waals surface area contributed by atoms with Crippen molar-refractivity contribution in [2.75, 3.05) is 64.5 Å². The van der Waals surface area contributed by atoms with E-state index >= 15 is 0 Å². The lowest BCUT2D eigenvalue weighted by atomic mass is 9.63. The van der Waals surface area contributed by atoms with Crippen LogP contribution in [-0.4, -0.2) is 113 Å². The minimum Gasteiger partial charge on any atom is -0.490 e. The Morgan fingerprint density at radius 2 is 1.89 bits per heavy atom. The molecule has 0 radical (unpaired) electrons. The predicted octanol–water partition coefficient (Wildman–Crippen LogP) is 5.20. The van der Waals surface area contributed by atoms with E-state index in [4.69, 9.17) is 25.8 Å². The number of morpholine rings is 1. The number of benzene rings is 2. The number of piperazine rings is 1. The van der Waals surface area contributed by atoms with E-state index in [9.17, 15) is 18.0 Å². The highest BCUT2D eigenvalue weighted by Crippen LogP contribution is 2.49. The van der Waals surface area contributed by atoms with Crippen molar-refractivity contribution in [2.24, 2.45) is 17.8 Å². The molecule has 1 N–H and O–H groups in total. The van der Waals surface area contributed by atoms with Gasteiger partial charge in [-0.3, -0.25) is 14.5 Å². The van der Waals surface area contributed by atoms with Gasteiger partial charge in [-0.15, -0.1) is 0 Å². The van der Waals surface area contributed by atoms with Gasteiger partial charge in [-0.1, -0.05) is 36.7 Å². The lowest BCUT2D eigenvalue weighted by Gasteiger charge is -2.53. The maximum Gasteiger partial charge on any atom is 0.264 e. The van der Waals surface area contributed by atoms with Gasteiger partial charge in [-0.05, 0) is 112 Å². The molecule has 2 aromatic rings. The molecule has 6 aliphatic rings. The minimum atomic E-state index is -3.99. The van der Waals surface area contributed by atoms with Crippen molar-refractivity contribution in [3.63, 3.8) is 0 Å². The Labute approximate surface area is 330 Å². The van der Waals surface area contributed by atoms with Crippen molar-refractivity contribution >= 4 is 39.1 Å². The molecular formula is C42H55ClN4O7S. The molecule has 298 valence electrons.